The Balaban J connectivity index is 1.62. The van der Waals surface area contributed by atoms with Crippen molar-refractivity contribution in [2.24, 2.45) is 0 Å². The summed E-state index contributed by atoms with van der Waals surface area (Å²) in [6, 6.07) is 10.8. The Hall–Kier alpha value is -2.89. The van der Waals surface area contributed by atoms with Crippen LogP contribution in [0.15, 0.2) is 42.6 Å². The normalized spacial score (nSPS) is 14.5. The Labute approximate surface area is 153 Å². The number of pyridine rings is 1. The molecule has 1 fully saturated rings. The summed E-state index contributed by atoms with van der Waals surface area (Å²) < 4.78 is 4.72. The number of benzene rings is 1. The molecule has 1 aromatic carbocycles. The van der Waals surface area contributed by atoms with Gasteiger partial charge >= 0.3 is 5.97 Å². The molecule has 1 amide bonds. The Kier molecular flexibility index (Phi) is 5.84. The second-order valence-electron chi connectivity index (χ2n) is 6.44. The van der Waals surface area contributed by atoms with Crippen molar-refractivity contribution in [2.45, 2.75) is 38.1 Å². The van der Waals surface area contributed by atoms with Crippen molar-refractivity contribution in [3.05, 3.63) is 53.9 Å². The van der Waals surface area contributed by atoms with Crippen molar-refractivity contribution in [2.75, 3.05) is 12.4 Å². The van der Waals surface area contributed by atoms with Crippen LogP contribution in [0.5, 0.6) is 0 Å². The minimum absolute atomic E-state index is 0.129. The van der Waals surface area contributed by atoms with Gasteiger partial charge < -0.3 is 15.4 Å². The summed E-state index contributed by atoms with van der Waals surface area (Å²) in [4.78, 5) is 28.1. The molecule has 1 aliphatic carbocycles. The van der Waals surface area contributed by atoms with Crippen LogP contribution in [0.25, 0.3) is 0 Å². The number of amides is 1. The number of hydrogen-bond donors (Lipinski definition) is 2. The lowest BCUT2D eigenvalue weighted by atomic mass is 9.95. The fourth-order valence-corrected chi connectivity index (χ4v) is 3.12. The zero-order valence-corrected chi connectivity index (χ0v) is 14.8. The highest BCUT2D eigenvalue weighted by atomic mass is 16.5. The first-order valence-electron chi connectivity index (χ1n) is 8.88. The molecule has 2 N–H and O–H groups in total. The van der Waals surface area contributed by atoms with Crippen LogP contribution in [0.2, 0.25) is 0 Å². The molecule has 0 bridgehead atoms. The van der Waals surface area contributed by atoms with Crippen LogP contribution in [-0.4, -0.2) is 30.0 Å². The van der Waals surface area contributed by atoms with Gasteiger partial charge in [0, 0.05) is 11.7 Å². The van der Waals surface area contributed by atoms with E-state index < -0.39 is 0 Å². The maximum absolute atomic E-state index is 12.3. The molecule has 136 valence electrons. The van der Waals surface area contributed by atoms with Crippen molar-refractivity contribution < 1.29 is 14.3 Å². The monoisotopic (exact) mass is 353 g/mol. The molecule has 26 heavy (non-hydrogen) atoms. The number of carbonyl (C=O) groups is 2. The van der Waals surface area contributed by atoms with Crippen LogP contribution in [0, 0.1) is 0 Å². The fourth-order valence-electron chi connectivity index (χ4n) is 3.12. The fraction of sp³-hybridized carbons (Fsp3) is 0.350. The molecular weight excluding hydrogens is 330 g/mol. The van der Waals surface area contributed by atoms with Gasteiger partial charge in [-0.15, -0.1) is 0 Å². The average Bonchev–Trinajstić information content (AvgIpc) is 2.69. The molecule has 1 aromatic heterocycles. The second kappa shape index (κ2) is 8.47. The lowest BCUT2D eigenvalue weighted by Gasteiger charge is -2.22. The number of anilines is 2. The Morgan fingerprint density at radius 1 is 1.08 bits per heavy atom. The number of rotatable bonds is 5. The van der Waals surface area contributed by atoms with Gasteiger partial charge in [-0.05, 0) is 43.2 Å². The number of carbonyl (C=O) groups excluding carboxylic acids is 2. The highest BCUT2D eigenvalue weighted by molar-refractivity contribution is 5.93. The summed E-state index contributed by atoms with van der Waals surface area (Å²) in [7, 11) is 1.35. The SMILES string of the molecule is COC(=O)c1cccc(Nc2ccc(C(=O)NC3CCCCC3)nc2)c1. The van der Waals surface area contributed by atoms with Crippen LogP contribution in [-0.2, 0) is 4.74 Å². The third-order valence-corrected chi connectivity index (χ3v) is 4.51. The predicted octanol–water partition coefficient (Wildman–Crippen LogP) is 3.67. The van der Waals surface area contributed by atoms with E-state index in [2.05, 4.69) is 15.6 Å². The molecule has 0 spiro atoms. The number of nitrogens with one attached hydrogen (secondary N) is 2. The van der Waals surface area contributed by atoms with Crippen LogP contribution in [0.3, 0.4) is 0 Å². The quantitative estimate of drug-likeness (QED) is 0.802. The highest BCUT2D eigenvalue weighted by Crippen LogP contribution is 2.19. The molecule has 1 saturated carbocycles. The largest absolute Gasteiger partial charge is 0.465 e. The van der Waals surface area contributed by atoms with Crippen LogP contribution >= 0.6 is 0 Å². The van der Waals surface area contributed by atoms with E-state index in [4.69, 9.17) is 4.74 Å². The molecule has 0 aliphatic heterocycles. The van der Waals surface area contributed by atoms with Gasteiger partial charge in [0.1, 0.15) is 5.69 Å². The van der Waals surface area contributed by atoms with E-state index in [1.54, 1.807) is 36.5 Å². The van der Waals surface area contributed by atoms with Crippen molar-refractivity contribution in [1.29, 1.82) is 0 Å². The molecule has 0 saturated heterocycles. The lowest BCUT2D eigenvalue weighted by Crippen LogP contribution is -2.36. The first-order valence-corrected chi connectivity index (χ1v) is 8.88. The van der Waals surface area contributed by atoms with Gasteiger partial charge in [0.2, 0.25) is 0 Å². The Morgan fingerprint density at radius 3 is 2.58 bits per heavy atom. The summed E-state index contributed by atoms with van der Waals surface area (Å²) in [6.45, 7) is 0. The van der Waals surface area contributed by atoms with Crippen molar-refractivity contribution >= 4 is 23.3 Å². The smallest absolute Gasteiger partial charge is 0.337 e. The first-order chi connectivity index (χ1) is 12.7. The topological polar surface area (TPSA) is 80.3 Å². The number of methoxy groups -OCH3 is 1. The first kappa shape index (κ1) is 17.9. The summed E-state index contributed by atoms with van der Waals surface area (Å²) >= 11 is 0. The summed E-state index contributed by atoms with van der Waals surface area (Å²) in [6.07, 6.45) is 7.30. The van der Waals surface area contributed by atoms with E-state index in [1.165, 1.54) is 26.4 Å². The average molecular weight is 353 g/mol. The lowest BCUT2D eigenvalue weighted by molar-refractivity contribution is 0.0600. The van der Waals surface area contributed by atoms with Crippen LogP contribution < -0.4 is 10.6 Å². The summed E-state index contributed by atoms with van der Waals surface area (Å²) in [5, 5.41) is 6.23. The number of hydrogen-bond acceptors (Lipinski definition) is 5. The third kappa shape index (κ3) is 4.59. The zero-order chi connectivity index (χ0) is 18.4. The number of ether oxygens (including phenoxy) is 1. The molecule has 6 nitrogen and oxygen atoms in total. The zero-order valence-electron chi connectivity index (χ0n) is 14.8. The molecular formula is C20H23N3O3. The number of esters is 1. The molecule has 0 unspecified atom stereocenters. The maximum Gasteiger partial charge on any atom is 0.337 e. The van der Waals surface area contributed by atoms with E-state index in [9.17, 15) is 9.59 Å². The number of aromatic nitrogens is 1. The molecule has 1 aliphatic rings. The van der Waals surface area contributed by atoms with Crippen molar-refractivity contribution in [3.63, 3.8) is 0 Å². The van der Waals surface area contributed by atoms with E-state index in [0.717, 1.165) is 24.2 Å². The maximum atomic E-state index is 12.3. The molecule has 2 aromatic rings. The van der Waals surface area contributed by atoms with Crippen LogP contribution in [0.1, 0.15) is 53.0 Å². The van der Waals surface area contributed by atoms with Gasteiger partial charge in [0.15, 0.2) is 0 Å². The Morgan fingerprint density at radius 2 is 1.88 bits per heavy atom. The second-order valence-corrected chi connectivity index (χ2v) is 6.44. The minimum atomic E-state index is -0.387. The minimum Gasteiger partial charge on any atom is -0.465 e. The molecule has 3 rings (SSSR count). The molecule has 6 heteroatoms. The van der Waals surface area contributed by atoms with Gasteiger partial charge in [-0.3, -0.25) is 4.79 Å². The summed E-state index contributed by atoms with van der Waals surface area (Å²) in [5.74, 6) is -0.516. The van der Waals surface area contributed by atoms with Gasteiger partial charge in [0.25, 0.3) is 5.91 Å². The van der Waals surface area contributed by atoms with Crippen molar-refractivity contribution in [3.8, 4) is 0 Å². The van der Waals surface area contributed by atoms with Crippen LogP contribution in [0.4, 0.5) is 11.4 Å². The Bertz CT molecular complexity index is 768. The molecule has 0 radical (unpaired) electrons. The van der Waals surface area contributed by atoms with E-state index in [-0.39, 0.29) is 17.9 Å². The van der Waals surface area contributed by atoms with E-state index >= 15 is 0 Å². The predicted molar refractivity (Wildman–Crippen MR) is 99.6 cm³/mol. The third-order valence-electron chi connectivity index (χ3n) is 4.51. The van der Waals surface area contributed by atoms with E-state index in [1.807, 2.05) is 6.07 Å². The molecule has 1 heterocycles. The molecule has 0 atom stereocenters. The summed E-state index contributed by atoms with van der Waals surface area (Å²) in [5.41, 5.74) is 2.36. The van der Waals surface area contributed by atoms with Gasteiger partial charge in [-0.1, -0.05) is 25.3 Å². The van der Waals surface area contributed by atoms with Crippen molar-refractivity contribution in [1.82, 2.24) is 10.3 Å². The van der Waals surface area contributed by atoms with Gasteiger partial charge in [-0.25, -0.2) is 9.78 Å². The van der Waals surface area contributed by atoms with Gasteiger partial charge in [0.05, 0.1) is 24.6 Å². The number of nitrogens with zero attached hydrogens (tertiary/aromatic N) is 1. The van der Waals surface area contributed by atoms with Gasteiger partial charge in [-0.2, -0.15) is 0 Å². The standard InChI is InChI=1S/C20H23N3O3/c1-26-20(25)14-6-5-9-16(12-14)22-17-10-11-18(21-13-17)19(24)23-15-7-3-2-4-8-15/h5-6,9-13,15,22H,2-4,7-8H2,1H3,(H,23,24). The van der Waals surface area contributed by atoms with E-state index in [0.29, 0.717) is 11.3 Å². The highest BCUT2D eigenvalue weighted by Gasteiger charge is 2.17.